The van der Waals surface area contributed by atoms with Crippen molar-refractivity contribution in [3.8, 4) is 5.75 Å². The number of ether oxygens (including phenoxy) is 1. The molecule has 0 aliphatic carbocycles. The van der Waals surface area contributed by atoms with E-state index in [-0.39, 0.29) is 10.3 Å². The second-order valence-corrected chi connectivity index (χ2v) is 11.0. The first-order valence-electron chi connectivity index (χ1n) is 11.3. The zero-order valence-corrected chi connectivity index (χ0v) is 20.6. The molecule has 7 heteroatoms. The lowest BCUT2D eigenvalue weighted by Crippen LogP contribution is -2.20. The van der Waals surface area contributed by atoms with Crippen molar-refractivity contribution < 1.29 is 13.2 Å². The zero-order chi connectivity index (χ0) is 24.2. The Labute approximate surface area is 201 Å². The highest BCUT2D eigenvalue weighted by molar-refractivity contribution is 7.92. The van der Waals surface area contributed by atoms with E-state index in [4.69, 9.17) is 4.74 Å². The van der Waals surface area contributed by atoms with Gasteiger partial charge in [-0.1, -0.05) is 51.1 Å². The van der Waals surface area contributed by atoms with E-state index in [1.807, 2.05) is 60.8 Å². The van der Waals surface area contributed by atoms with Crippen LogP contribution in [-0.2, 0) is 22.0 Å². The van der Waals surface area contributed by atoms with Crippen LogP contribution in [0.4, 0.5) is 5.69 Å². The number of aromatic nitrogens is 1. The lowest BCUT2D eigenvalue weighted by Gasteiger charge is -2.19. The number of benzene rings is 3. The van der Waals surface area contributed by atoms with Crippen molar-refractivity contribution in [1.29, 1.82) is 0 Å². The van der Waals surface area contributed by atoms with Gasteiger partial charge in [0.25, 0.3) is 10.0 Å². The minimum absolute atomic E-state index is 0.0303. The van der Waals surface area contributed by atoms with Crippen molar-refractivity contribution >= 4 is 26.6 Å². The molecule has 4 rings (SSSR count). The van der Waals surface area contributed by atoms with Crippen LogP contribution in [0.5, 0.6) is 5.75 Å². The van der Waals surface area contributed by atoms with Gasteiger partial charge in [-0.05, 0) is 59.0 Å². The SMILES string of the molecule is CC(C)(C)c1ccc(S(=O)(=O)Nc2cccc(CNCCOc3cccc4[nH]ccc34)c2)cc1. The molecule has 0 aliphatic rings. The first kappa shape index (κ1) is 23.9. The van der Waals surface area contributed by atoms with Crippen molar-refractivity contribution in [3.63, 3.8) is 0 Å². The Bertz CT molecular complexity index is 1350. The predicted molar refractivity (Wildman–Crippen MR) is 138 cm³/mol. The number of anilines is 1. The van der Waals surface area contributed by atoms with Gasteiger partial charge in [-0.15, -0.1) is 0 Å². The molecule has 3 aromatic carbocycles. The first-order chi connectivity index (χ1) is 16.2. The third kappa shape index (κ3) is 5.79. The van der Waals surface area contributed by atoms with Crippen molar-refractivity contribution in [2.24, 2.45) is 0 Å². The second kappa shape index (κ2) is 9.91. The van der Waals surface area contributed by atoms with E-state index >= 15 is 0 Å². The molecule has 0 unspecified atom stereocenters. The minimum Gasteiger partial charge on any atom is -0.492 e. The Kier molecular flexibility index (Phi) is 6.95. The molecule has 0 aliphatic heterocycles. The number of rotatable bonds is 9. The summed E-state index contributed by atoms with van der Waals surface area (Å²) in [6, 6.07) is 22.4. The summed E-state index contributed by atoms with van der Waals surface area (Å²) in [6.07, 6.45) is 1.90. The highest BCUT2D eigenvalue weighted by Gasteiger charge is 2.17. The van der Waals surface area contributed by atoms with Crippen LogP contribution in [0.3, 0.4) is 0 Å². The van der Waals surface area contributed by atoms with E-state index < -0.39 is 10.0 Å². The van der Waals surface area contributed by atoms with Gasteiger partial charge >= 0.3 is 0 Å². The number of hydrogen-bond donors (Lipinski definition) is 3. The molecule has 0 saturated heterocycles. The number of aromatic amines is 1. The molecule has 1 heterocycles. The summed E-state index contributed by atoms with van der Waals surface area (Å²) in [7, 11) is -3.66. The molecule has 0 spiro atoms. The van der Waals surface area contributed by atoms with Crippen LogP contribution < -0.4 is 14.8 Å². The number of hydrogen-bond acceptors (Lipinski definition) is 4. The lowest BCUT2D eigenvalue weighted by molar-refractivity contribution is 0.317. The Morgan fingerprint density at radius 3 is 2.47 bits per heavy atom. The van der Waals surface area contributed by atoms with Crippen LogP contribution in [0, 0.1) is 0 Å². The largest absolute Gasteiger partial charge is 0.492 e. The van der Waals surface area contributed by atoms with Gasteiger partial charge in [0, 0.05) is 35.9 Å². The van der Waals surface area contributed by atoms with Crippen LogP contribution >= 0.6 is 0 Å². The average Bonchev–Trinajstić information content (AvgIpc) is 3.28. The van der Waals surface area contributed by atoms with Gasteiger partial charge in [-0.3, -0.25) is 4.72 Å². The van der Waals surface area contributed by atoms with Crippen LogP contribution in [0.15, 0.2) is 83.9 Å². The van der Waals surface area contributed by atoms with Crippen molar-refractivity contribution in [1.82, 2.24) is 10.3 Å². The Hall–Kier alpha value is -3.29. The fourth-order valence-corrected chi connectivity index (χ4v) is 4.79. The second-order valence-electron chi connectivity index (χ2n) is 9.30. The van der Waals surface area contributed by atoms with E-state index in [1.54, 1.807) is 18.2 Å². The standard InChI is InChI=1S/C27H31N3O3S/c1-27(2,3)21-10-12-23(13-11-21)34(31,32)30-22-7-4-6-20(18-22)19-28-16-17-33-26-9-5-8-25-24(26)14-15-29-25/h4-15,18,28-30H,16-17,19H2,1-3H3. The number of nitrogens with one attached hydrogen (secondary N) is 3. The fourth-order valence-electron chi connectivity index (χ4n) is 3.74. The Balaban J connectivity index is 1.30. The van der Waals surface area contributed by atoms with Gasteiger partial charge in [-0.2, -0.15) is 0 Å². The lowest BCUT2D eigenvalue weighted by atomic mass is 9.87. The molecule has 0 bridgehead atoms. The molecule has 1 aromatic heterocycles. The molecule has 0 atom stereocenters. The molecule has 0 fully saturated rings. The molecule has 4 aromatic rings. The maximum Gasteiger partial charge on any atom is 0.261 e. The van der Waals surface area contributed by atoms with Crippen LogP contribution in [0.2, 0.25) is 0 Å². The van der Waals surface area contributed by atoms with E-state index in [9.17, 15) is 8.42 Å². The highest BCUT2D eigenvalue weighted by atomic mass is 32.2. The molecular weight excluding hydrogens is 446 g/mol. The molecule has 3 N–H and O–H groups in total. The van der Waals surface area contributed by atoms with Crippen LogP contribution in [0.25, 0.3) is 10.9 Å². The van der Waals surface area contributed by atoms with Crippen molar-refractivity contribution in [2.75, 3.05) is 17.9 Å². The maximum atomic E-state index is 12.8. The molecule has 0 saturated carbocycles. The molecule has 0 amide bonds. The summed E-state index contributed by atoms with van der Waals surface area (Å²) in [5, 5.41) is 4.41. The van der Waals surface area contributed by atoms with E-state index in [2.05, 4.69) is 35.8 Å². The summed E-state index contributed by atoms with van der Waals surface area (Å²) in [4.78, 5) is 3.43. The van der Waals surface area contributed by atoms with Gasteiger partial charge < -0.3 is 15.0 Å². The number of sulfonamides is 1. The van der Waals surface area contributed by atoms with Gasteiger partial charge in [0.1, 0.15) is 12.4 Å². The number of H-pyrrole nitrogens is 1. The van der Waals surface area contributed by atoms with Crippen LogP contribution in [0.1, 0.15) is 31.9 Å². The average molecular weight is 478 g/mol. The zero-order valence-electron chi connectivity index (χ0n) is 19.8. The third-order valence-electron chi connectivity index (χ3n) is 5.63. The molecule has 34 heavy (non-hydrogen) atoms. The smallest absolute Gasteiger partial charge is 0.261 e. The summed E-state index contributed by atoms with van der Waals surface area (Å²) in [5.74, 6) is 0.854. The molecular formula is C27H31N3O3S. The number of fused-ring (bicyclic) bond motifs is 1. The Morgan fingerprint density at radius 2 is 1.71 bits per heavy atom. The summed E-state index contributed by atoms with van der Waals surface area (Å²) in [5.41, 5.74) is 3.63. The summed E-state index contributed by atoms with van der Waals surface area (Å²) in [6.45, 7) is 8.10. The predicted octanol–water partition coefficient (Wildman–Crippen LogP) is 5.43. The third-order valence-corrected chi connectivity index (χ3v) is 7.03. The summed E-state index contributed by atoms with van der Waals surface area (Å²) >= 11 is 0. The first-order valence-corrected chi connectivity index (χ1v) is 12.8. The van der Waals surface area contributed by atoms with Crippen molar-refractivity contribution in [3.05, 3.63) is 90.1 Å². The van der Waals surface area contributed by atoms with Gasteiger partial charge in [-0.25, -0.2) is 8.42 Å². The van der Waals surface area contributed by atoms with Gasteiger partial charge in [0.15, 0.2) is 0 Å². The topological polar surface area (TPSA) is 83.2 Å². The van der Waals surface area contributed by atoms with Gasteiger partial charge in [0.2, 0.25) is 0 Å². The minimum atomic E-state index is -3.66. The van der Waals surface area contributed by atoms with Crippen LogP contribution in [-0.4, -0.2) is 26.6 Å². The molecule has 178 valence electrons. The Morgan fingerprint density at radius 1 is 0.941 bits per heavy atom. The molecule has 0 radical (unpaired) electrons. The maximum absolute atomic E-state index is 12.8. The monoisotopic (exact) mass is 477 g/mol. The van der Waals surface area contributed by atoms with E-state index in [0.717, 1.165) is 27.8 Å². The normalized spacial score (nSPS) is 12.1. The summed E-state index contributed by atoms with van der Waals surface area (Å²) < 4.78 is 34.3. The quantitative estimate of drug-likeness (QED) is 0.281. The van der Waals surface area contributed by atoms with E-state index in [0.29, 0.717) is 25.4 Å². The fraction of sp³-hybridized carbons (Fsp3) is 0.259. The van der Waals surface area contributed by atoms with E-state index in [1.165, 1.54) is 0 Å². The van der Waals surface area contributed by atoms with Gasteiger partial charge in [0.05, 0.1) is 4.90 Å². The molecule has 6 nitrogen and oxygen atoms in total. The highest BCUT2D eigenvalue weighted by Crippen LogP contribution is 2.25. The van der Waals surface area contributed by atoms with Crippen molar-refractivity contribution in [2.45, 2.75) is 37.6 Å².